The van der Waals surface area contributed by atoms with Crippen molar-refractivity contribution in [3.05, 3.63) is 70.5 Å². The average Bonchev–Trinajstić information content (AvgIpc) is 2.59. The number of carbonyl (C=O) groups excluding carboxylic acids is 2. The first kappa shape index (κ1) is 19.3. The van der Waals surface area contributed by atoms with Crippen molar-refractivity contribution in [2.75, 3.05) is 0 Å². The van der Waals surface area contributed by atoms with Gasteiger partial charge in [0.15, 0.2) is 5.78 Å². The van der Waals surface area contributed by atoms with Gasteiger partial charge >= 0.3 is 6.18 Å². The van der Waals surface area contributed by atoms with E-state index in [-0.39, 0.29) is 36.2 Å². The van der Waals surface area contributed by atoms with Crippen molar-refractivity contribution >= 4 is 11.6 Å². The smallest absolute Gasteiger partial charge is 0.299 e. The largest absolute Gasteiger partial charge is 0.417 e. The van der Waals surface area contributed by atoms with Gasteiger partial charge in [0.25, 0.3) is 0 Å². The summed E-state index contributed by atoms with van der Waals surface area (Å²) in [5.74, 6) is -1.24. The van der Waals surface area contributed by atoms with Gasteiger partial charge in [0.1, 0.15) is 11.6 Å². The number of ketones is 2. The third-order valence-corrected chi connectivity index (χ3v) is 3.71. The lowest BCUT2D eigenvalue weighted by molar-refractivity contribution is -0.137. The highest BCUT2D eigenvalue weighted by Gasteiger charge is 2.33. The molecular weight excluding hydrogens is 350 g/mol. The summed E-state index contributed by atoms with van der Waals surface area (Å²) in [6, 6.07) is 9.42. The van der Waals surface area contributed by atoms with Crippen LogP contribution in [0, 0.1) is 17.1 Å². The Bertz CT molecular complexity index is 865. The van der Waals surface area contributed by atoms with Crippen LogP contribution in [-0.2, 0) is 17.4 Å². The molecule has 0 amide bonds. The Labute approximate surface area is 146 Å². The summed E-state index contributed by atoms with van der Waals surface area (Å²) >= 11 is 0. The normalized spacial score (nSPS) is 11.0. The third-order valence-electron chi connectivity index (χ3n) is 3.71. The zero-order valence-electron chi connectivity index (χ0n) is 13.4. The second kappa shape index (κ2) is 7.91. The Morgan fingerprint density at radius 3 is 2.23 bits per heavy atom. The number of benzene rings is 2. The number of rotatable bonds is 6. The molecule has 0 atom stereocenters. The van der Waals surface area contributed by atoms with Crippen LogP contribution >= 0.6 is 0 Å². The highest BCUT2D eigenvalue weighted by Crippen LogP contribution is 2.32. The zero-order chi connectivity index (χ0) is 19.3. The van der Waals surface area contributed by atoms with Crippen LogP contribution in [0.25, 0.3) is 0 Å². The van der Waals surface area contributed by atoms with Crippen LogP contribution < -0.4 is 0 Å². The van der Waals surface area contributed by atoms with Crippen LogP contribution in [0.15, 0.2) is 42.5 Å². The summed E-state index contributed by atoms with van der Waals surface area (Å²) in [5, 5.41) is 8.75. The van der Waals surface area contributed by atoms with Crippen molar-refractivity contribution in [2.45, 2.75) is 25.4 Å². The molecule has 0 heterocycles. The first-order valence-corrected chi connectivity index (χ1v) is 7.61. The SMILES string of the molecule is N#Cc1ccc(CC(=O)CCC(=O)c2ccc(F)cc2)cc1C(F)(F)F. The Balaban J connectivity index is 2.01. The van der Waals surface area contributed by atoms with Gasteiger partial charge in [-0.2, -0.15) is 18.4 Å². The first-order valence-electron chi connectivity index (χ1n) is 7.61. The van der Waals surface area contributed by atoms with E-state index >= 15 is 0 Å². The third kappa shape index (κ3) is 4.99. The number of hydrogen-bond donors (Lipinski definition) is 0. The highest BCUT2D eigenvalue weighted by atomic mass is 19.4. The number of halogens is 4. The van der Waals surface area contributed by atoms with E-state index in [0.717, 1.165) is 24.3 Å². The minimum Gasteiger partial charge on any atom is -0.299 e. The number of carbonyl (C=O) groups is 2. The fraction of sp³-hybridized carbons (Fsp3) is 0.211. The van der Waals surface area contributed by atoms with E-state index in [1.54, 1.807) is 0 Å². The van der Waals surface area contributed by atoms with Crippen LogP contribution in [0.1, 0.15) is 39.9 Å². The molecule has 26 heavy (non-hydrogen) atoms. The van der Waals surface area contributed by atoms with E-state index in [4.69, 9.17) is 5.26 Å². The van der Waals surface area contributed by atoms with Crippen molar-refractivity contribution in [1.82, 2.24) is 0 Å². The van der Waals surface area contributed by atoms with E-state index in [2.05, 4.69) is 0 Å². The van der Waals surface area contributed by atoms with Crippen LogP contribution in [0.3, 0.4) is 0 Å². The van der Waals surface area contributed by atoms with Crippen molar-refractivity contribution in [2.24, 2.45) is 0 Å². The molecule has 0 aliphatic carbocycles. The number of alkyl halides is 3. The predicted molar refractivity (Wildman–Crippen MR) is 84.8 cm³/mol. The lowest BCUT2D eigenvalue weighted by Crippen LogP contribution is -2.11. The molecular formula is C19H13F4NO2. The van der Waals surface area contributed by atoms with E-state index in [1.807, 2.05) is 0 Å². The van der Waals surface area contributed by atoms with Gasteiger partial charge in [-0.3, -0.25) is 9.59 Å². The summed E-state index contributed by atoms with van der Waals surface area (Å²) in [6.45, 7) is 0. The number of nitriles is 1. The van der Waals surface area contributed by atoms with Gasteiger partial charge in [0.05, 0.1) is 17.2 Å². The fourth-order valence-electron chi connectivity index (χ4n) is 2.38. The number of Topliss-reactive ketones (excluding diaryl/α,β-unsaturated/α-hetero) is 2. The van der Waals surface area contributed by atoms with Crippen molar-refractivity contribution < 1.29 is 27.2 Å². The molecule has 0 radical (unpaired) electrons. The maximum atomic E-state index is 12.9. The van der Waals surface area contributed by atoms with Gasteiger partial charge in [-0.15, -0.1) is 0 Å². The molecule has 0 aromatic heterocycles. The summed E-state index contributed by atoms with van der Waals surface area (Å²) < 4.78 is 51.6. The van der Waals surface area contributed by atoms with Crippen LogP contribution in [0.2, 0.25) is 0 Å². The summed E-state index contributed by atoms with van der Waals surface area (Å²) in [4.78, 5) is 23.9. The molecule has 0 fully saturated rings. The summed E-state index contributed by atoms with van der Waals surface area (Å²) in [5.41, 5.74) is -1.22. The molecule has 0 bridgehead atoms. The molecule has 0 saturated heterocycles. The van der Waals surface area contributed by atoms with Crippen LogP contribution in [-0.4, -0.2) is 11.6 Å². The lowest BCUT2D eigenvalue weighted by atomic mass is 9.98. The van der Waals surface area contributed by atoms with Gasteiger partial charge < -0.3 is 0 Å². The maximum Gasteiger partial charge on any atom is 0.417 e. The summed E-state index contributed by atoms with van der Waals surface area (Å²) in [6.07, 6.45) is -5.22. The zero-order valence-corrected chi connectivity index (χ0v) is 13.4. The second-order valence-electron chi connectivity index (χ2n) is 5.64. The standard InChI is InChI=1S/C19H13F4NO2/c20-15-5-3-13(4-6-15)18(26)8-7-16(25)9-12-1-2-14(11-24)17(10-12)19(21,22)23/h1-6,10H,7-9H2. The topological polar surface area (TPSA) is 57.9 Å². The Hall–Kier alpha value is -3.01. The molecule has 0 spiro atoms. The minimum atomic E-state index is -4.69. The Kier molecular flexibility index (Phi) is 5.88. The number of nitrogens with zero attached hydrogens (tertiary/aromatic N) is 1. The molecule has 0 N–H and O–H groups in total. The van der Waals surface area contributed by atoms with E-state index in [0.29, 0.717) is 0 Å². The van der Waals surface area contributed by atoms with Gasteiger partial charge in [-0.05, 0) is 42.0 Å². The quantitative estimate of drug-likeness (QED) is 0.561. The van der Waals surface area contributed by atoms with Crippen LogP contribution in [0.4, 0.5) is 17.6 Å². The predicted octanol–water partition coefficient (Wildman–Crippen LogP) is 4.49. The molecule has 0 saturated carbocycles. The van der Waals surface area contributed by atoms with Gasteiger partial charge in [0, 0.05) is 24.8 Å². The monoisotopic (exact) mass is 363 g/mol. The molecule has 2 rings (SSSR count). The Morgan fingerprint density at radius 1 is 1.00 bits per heavy atom. The molecule has 2 aromatic carbocycles. The molecule has 0 aliphatic rings. The Morgan fingerprint density at radius 2 is 1.65 bits per heavy atom. The van der Waals surface area contributed by atoms with Gasteiger partial charge in [0.2, 0.25) is 0 Å². The molecule has 2 aromatic rings. The fourth-order valence-corrected chi connectivity index (χ4v) is 2.38. The summed E-state index contributed by atoms with van der Waals surface area (Å²) in [7, 11) is 0. The average molecular weight is 363 g/mol. The van der Waals surface area contributed by atoms with Crippen molar-refractivity contribution in [3.63, 3.8) is 0 Å². The van der Waals surface area contributed by atoms with Gasteiger partial charge in [-0.1, -0.05) is 6.07 Å². The minimum absolute atomic E-state index is 0.118. The van der Waals surface area contributed by atoms with Crippen molar-refractivity contribution in [1.29, 1.82) is 5.26 Å². The van der Waals surface area contributed by atoms with Crippen LogP contribution in [0.5, 0.6) is 0 Å². The molecule has 0 aliphatic heterocycles. The molecule has 0 unspecified atom stereocenters. The lowest BCUT2D eigenvalue weighted by Gasteiger charge is -2.10. The molecule has 7 heteroatoms. The van der Waals surface area contributed by atoms with E-state index in [9.17, 15) is 27.2 Å². The van der Waals surface area contributed by atoms with E-state index in [1.165, 1.54) is 24.3 Å². The number of hydrogen-bond acceptors (Lipinski definition) is 3. The van der Waals surface area contributed by atoms with Gasteiger partial charge in [-0.25, -0.2) is 4.39 Å². The van der Waals surface area contributed by atoms with E-state index < -0.39 is 28.9 Å². The second-order valence-corrected chi connectivity index (χ2v) is 5.64. The first-order chi connectivity index (χ1) is 12.2. The molecule has 134 valence electrons. The van der Waals surface area contributed by atoms with Crippen molar-refractivity contribution in [3.8, 4) is 6.07 Å². The maximum absolute atomic E-state index is 12.9. The highest BCUT2D eigenvalue weighted by molar-refractivity contribution is 5.98. The molecule has 3 nitrogen and oxygen atoms in total.